The normalized spacial score (nSPS) is 14.2. The van der Waals surface area contributed by atoms with Crippen LogP contribution in [0.15, 0.2) is 47.8 Å². The van der Waals surface area contributed by atoms with Crippen molar-refractivity contribution in [2.75, 3.05) is 24.1 Å². The number of rotatable bonds is 11. The van der Waals surface area contributed by atoms with Gasteiger partial charge in [0.2, 0.25) is 11.8 Å². The number of piperidine rings is 1. The maximum absolute atomic E-state index is 12.8. The molecule has 214 valence electrons. The van der Waals surface area contributed by atoms with Gasteiger partial charge in [0.15, 0.2) is 5.16 Å². The number of amides is 2. The van der Waals surface area contributed by atoms with Crippen LogP contribution in [0.1, 0.15) is 62.8 Å². The van der Waals surface area contributed by atoms with Crippen molar-refractivity contribution in [1.82, 2.24) is 25.2 Å². The molecule has 1 aliphatic rings. The number of hydrogen-bond acceptors (Lipinski definition) is 9. The third-order valence-electron chi connectivity index (χ3n) is 6.98. The summed E-state index contributed by atoms with van der Waals surface area (Å²) in [4.78, 5) is 40.1. The van der Waals surface area contributed by atoms with Gasteiger partial charge in [-0.15, -0.1) is 0 Å². The van der Waals surface area contributed by atoms with Crippen LogP contribution < -0.4 is 16.4 Å². The van der Waals surface area contributed by atoms with E-state index in [1.165, 1.54) is 37.9 Å². The van der Waals surface area contributed by atoms with Crippen LogP contribution in [0.25, 0.3) is 11.3 Å². The SMILES string of the molecule is CCC(NC(=O)CCc1ncccc1CSc1nc(N)c(C#N)c(-c2ccc(NC(C)=O)cc2)n1)N1CCCCC1. The summed E-state index contributed by atoms with van der Waals surface area (Å²) in [5.74, 6) is 0.498. The molecule has 1 aliphatic heterocycles. The van der Waals surface area contributed by atoms with Crippen LogP contribution in [0.3, 0.4) is 0 Å². The molecule has 10 nitrogen and oxygen atoms in total. The van der Waals surface area contributed by atoms with E-state index in [9.17, 15) is 14.9 Å². The summed E-state index contributed by atoms with van der Waals surface area (Å²) < 4.78 is 0. The van der Waals surface area contributed by atoms with Gasteiger partial charge in [-0.3, -0.25) is 19.5 Å². The van der Waals surface area contributed by atoms with Crippen molar-refractivity contribution < 1.29 is 9.59 Å². The maximum atomic E-state index is 12.8. The highest BCUT2D eigenvalue weighted by Gasteiger charge is 2.21. The Morgan fingerprint density at radius 1 is 1.15 bits per heavy atom. The fourth-order valence-electron chi connectivity index (χ4n) is 4.90. The van der Waals surface area contributed by atoms with E-state index in [0.29, 0.717) is 40.7 Å². The van der Waals surface area contributed by atoms with E-state index >= 15 is 0 Å². The molecule has 11 heteroatoms. The van der Waals surface area contributed by atoms with Crippen molar-refractivity contribution in [1.29, 1.82) is 5.26 Å². The van der Waals surface area contributed by atoms with Gasteiger partial charge in [-0.1, -0.05) is 43.3 Å². The Morgan fingerprint density at radius 2 is 1.90 bits per heavy atom. The second-order valence-corrected chi connectivity index (χ2v) is 10.9. The van der Waals surface area contributed by atoms with Crippen LogP contribution in [0.2, 0.25) is 0 Å². The number of aryl methyl sites for hydroxylation is 1. The first-order chi connectivity index (χ1) is 19.9. The van der Waals surface area contributed by atoms with Gasteiger partial charge >= 0.3 is 0 Å². The highest BCUT2D eigenvalue weighted by Crippen LogP contribution is 2.30. The molecule has 2 aromatic heterocycles. The number of carbonyl (C=O) groups is 2. The van der Waals surface area contributed by atoms with Crippen molar-refractivity contribution in [2.24, 2.45) is 0 Å². The lowest BCUT2D eigenvalue weighted by atomic mass is 10.1. The van der Waals surface area contributed by atoms with E-state index in [2.05, 4.69) is 43.5 Å². The van der Waals surface area contributed by atoms with Crippen LogP contribution in [-0.2, 0) is 21.8 Å². The van der Waals surface area contributed by atoms with E-state index in [-0.39, 0.29) is 29.4 Å². The Labute approximate surface area is 245 Å². The zero-order valence-electron chi connectivity index (χ0n) is 23.5. The van der Waals surface area contributed by atoms with Crippen molar-refractivity contribution in [2.45, 2.75) is 69.4 Å². The fraction of sp³-hybridized carbons (Fsp3) is 0.400. The number of nitrogens with zero attached hydrogens (tertiary/aromatic N) is 5. The third-order valence-corrected chi connectivity index (χ3v) is 7.88. The molecule has 41 heavy (non-hydrogen) atoms. The number of nitrogens with one attached hydrogen (secondary N) is 2. The van der Waals surface area contributed by atoms with Gasteiger partial charge in [0.25, 0.3) is 0 Å². The van der Waals surface area contributed by atoms with Crippen LogP contribution >= 0.6 is 11.8 Å². The number of thioether (sulfide) groups is 1. The van der Waals surface area contributed by atoms with E-state index < -0.39 is 0 Å². The molecule has 2 amide bonds. The van der Waals surface area contributed by atoms with Gasteiger partial charge in [-0.05, 0) is 49.4 Å². The molecule has 1 saturated heterocycles. The molecule has 1 fully saturated rings. The highest BCUT2D eigenvalue weighted by atomic mass is 32.2. The first-order valence-corrected chi connectivity index (χ1v) is 14.9. The molecule has 0 spiro atoms. The van der Waals surface area contributed by atoms with Gasteiger partial charge in [0, 0.05) is 55.3 Å². The van der Waals surface area contributed by atoms with Gasteiger partial charge in [0.1, 0.15) is 17.5 Å². The van der Waals surface area contributed by atoms with Crippen LogP contribution in [0.5, 0.6) is 0 Å². The van der Waals surface area contributed by atoms with Crippen molar-refractivity contribution in [3.8, 4) is 17.3 Å². The van der Waals surface area contributed by atoms with Crippen molar-refractivity contribution >= 4 is 35.1 Å². The minimum atomic E-state index is -0.168. The number of hydrogen-bond donors (Lipinski definition) is 3. The fourth-order valence-corrected chi connectivity index (χ4v) is 5.76. The Morgan fingerprint density at radius 3 is 2.59 bits per heavy atom. The standard InChI is InChI=1S/C30H36N8O2S/c1-3-26(38-16-5-4-6-17-38)35-27(40)14-13-25-22(8-7-15-33-25)19-41-30-36-28(24(18-31)29(32)37-30)21-9-11-23(12-10-21)34-20(2)39/h7-12,15,26H,3-6,13-14,16-17,19H2,1-2H3,(H,34,39)(H,35,40)(H2,32,36,37). The van der Waals surface area contributed by atoms with Crippen molar-refractivity contribution in [3.63, 3.8) is 0 Å². The first kappa shape index (κ1) is 30.0. The Balaban J connectivity index is 1.42. The van der Waals surface area contributed by atoms with E-state index in [4.69, 9.17) is 5.73 Å². The number of nitrogen functional groups attached to an aromatic ring is 1. The number of carbonyl (C=O) groups excluding carboxylic acids is 2. The largest absolute Gasteiger partial charge is 0.382 e. The molecule has 1 atom stereocenters. The molecule has 1 aromatic carbocycles. The molecule has 3 heterocycles. The maximum Gasteiger partial charge on any atom is 0.221 e. The number of likely N-dealkylation sites (tertiary alicyclic amines) is 1. The summed E-state index contributed by atoms with van der Waals surface area (Å²) in [6.07, 6.45) is 7.21. The van der Waals surface area contributed by atoms with E-state index in [0.717, 1.165) is 30.8 Å². The molecular formula is C30H36N8O2S. The predicted octanol–water partition coefficient (Wildman–Crippen LogP) is 4.51. The lowest BCUT2D eigenvalue weighted by molar-refractivity contribution is -0.123. The Bertz CT molecular complexity index is 1400. The molecule has 0 radical (unpaired) electrons. The zero-order valence-corrected chi connectivity index (χ0v) is 24.3. The van der Waals surface area contributed by atoms with Gasteiger partial charge in [-0.25, -0.2) is 9.97 Å². The number of nitriles is 1. The molecule has 0 saturated carbocycles. The lowest BCUT2D eigenvalue weighted by Crippen LogP contribution is -2.49. The monoisotopic (exact) mass is 572 g/mol. The molecule has 0 bridgehead atoms. The summed E-state index contributed by atoms with van der Waals surface area (Å²) in [6.45, 7) is 5.62. The number of aromatic nitrogens is 3. The van der Waals surface area contributed by atoms with Crippen molar-refractivity contribution in [3.05, 3.63) is 59.4 Å². The summed E-state index contributed by atoms with van der Waals surface area (Å²) in [6, 6.07) is 13.0. The second kappa shape index (κ2) is 14.6. The van der Waals surface area contributed by atoms with Crippen LogP contribution in [-0.4, -0.2) is 50.9 Å². The smallest absolute Gasteiger partial charge is 0.221 e. The summed E-state index contributed by atoms with van der Waals surface area (Å²) in [7, 11) is 0. The number of nitrogens with two attached hydrogens (primary N) is 1. The van der Waals surface area contributed by atoms with E-state index in [1.807, 2.05) is 12.1 Å². The second-order valence-electron chi connectivity index (χ2n) is 9.97. The Hall–Kier alpha value is -4.01. The third kappa shape index (κ3) is 8.25. The average Bonchev–Trinajstić information content (AvgIpc) is 2.98. The molecular weight excluding hydrogens is 536 g/mol. The topological polar surface area (TPSA) is 150 Å². The molecule has 4 N–H and O–H groups in total. The summed E-state index contributed by atoms with van der Waals surface area (Å²) in [5.41, 5.74) is 9.95. The first-order valence-electron chi connectivity index (χ1n) is 13.9. The minimum absolute atomic E-state index is 0.0315. The van der Waals surface area contributed by atoms with Gasteiger partial charge in [0.05, 0.1) is 11.9 Å². The van der Waals surface area contributed by atoms with Crippen LogP contribution in [0, 0.1) is 11.3 Å². The van der Waals surface area contributed by atoms with Gasteiger partial charge < -0.3 is 16.4 Å². The predicted molar refractivity (Wildman–Crippen MR) is 161 cm³/mol. The average molecular weight is 573 g/mol. The molecule has 0 aliphatic carbocycles. The summed E-state index contributed by atoms with van der Waals surface area (Å²) in [5, 5.41) is 16.1. The van der Waals surface area contributed by atoms with Gasteiger partial charge in [-0.2, -0.15) is 5.26 Å². The number of benzene rings is 1. The minimum Gasteiger partial charge on any atom is -0.382 e. The zero-order chi connectivity index (χ0) is 29.2. The molecule has 1 unspecified atom stereocenters. The van der Waals surface area contributed by atoms with E-state index in [1.54, 1.807) is 30.5 Å². The number of pyridine rings is 1. The lowest BCUT2D eigenvalue weighted by Gasteiger charge is -2.34. The molecule has 3 aromatic rings. The molecule has 4 rings (SSSR count). The number of anilines is 2. The van der Waals surface area contributed by atoms with Crippen LogP contribution in [0.4, 0.5) is 11.5 Å². The quantitative estimate of drug-likeness (QED) is 0.223. The Kier molecular flexibility index (Phi) is 10.6. The highest BCUT2D eigenvalue weighted by molar-refractivity contribution is 7.98. The summed E-state index contributed by atoms with van der Waals surface area (Å²) >= 11 is 1.39.